The fourth-order valence-corrected chi connectivity index (χ4v) is 1.64. The van der Waals surface area contributed by atoms with Gasteiger partial charge in [0, 0.05) is 13.2 Å². The van der Waals surface area contributed by atoms with Gasteiger partial charge in [0.25, 0.3) is 0 Å². The summed E-state index contributed by atoms with van der Waals surface area (Å²) in [5.41, 5.74) is 6.95. The lowest BCUT2D eigenvalue weighted by Gasteiger charge is -2.08. The largest absolute Gasteiger partial charge is 0.380 e. The SMILES string of the molecule is CC(C)CCOCCNc1nc(N)nc2nc[nH]c12. The van der Waals surface area contributed by atoms with Crippen LogP contribution in [0.1, 0.15) is 20.3 Å². The number of hydrogen-bond acceptors (Lipinski definition) is 6. The van der Waals surface area contributed by atoms with Crippen molar-refractivity contribution in [1.29, 1.82) is 0 Å². The molecule has 2 heterocycles. The highest BCUT2D eigenvalue weighted by Gasteiger charge is 2.07. The molecule has 0 amide bonds. The Morgan fingerprint density at radius 2 is 2.21 bits per heavy atom. The van der Waals surface area contributed by atoms with Gasteiger partial charge in [-0.05, 0) is 12.3 Å². The van der Waals surface area contributed by atoms with Gasteiger partial charge in [-0.25, -0.2) is 4.98 Å². The molecule has 0 spiro atoms. The Morgan fingerprint density at radius 1 is 1.37 bits per heavy atom. The Morgan fingerprint density at radius 3 is 3.00 bits per heavy atom. The highest BCUT2D eigenvalue weighted by molar-refractivity contribution is 5.83. The molecule has 7 nitrogen and oxygen atoms in total. The second-order valence-corrected chi connectivity index (χ2v) is 4.75. The second-order valence-electron chi connectivity index (χ2n) is 4.75. The molecular formula is C12H20N6O. The van der Waals surface area contributed by atoms with Crippen molar-refractivity contribution in [1.82, 2.24) is 19.9 Å². The zero-order chi connectivity index (χ0) is 13.7. The van der Waals surface area contributed by atoms with Crippen LogP contribution in [0, 0.1) is 5.92 Å². The normalized spacial score (nSPS) is 11.3. The van der Waals surface area contributed by atoms with Gasteiger partial charge in [-0.15, -0.1) is 0 Å². The van der Waals surface area contributed by atoms with Crippen molar-refractivity contribution in [2.75, 3.05) is 30.8 Å². The Bertz CT molecular complexity index is 524. The fraction of sp³-hybridized carbons (Fsp3) is 0.583. The predicted octanol–water partition coefficient (Wildman–Crippen LogP) is 1.41. The number of rotatable bonds is 7. The predicted molar refractivity (Wildman–Crippen MR) is 74.9 cm³/mol. The smallest absolute Gasteiger partial charge is 0.224 e. The minimum absolute atomic E-state index is 0.211. The molecule has 0 bridgehead atoms. The molecule has 19 heavy (non-hydrogen) atoms. The van der Waals surface area contributed by atoms with E-state index in [0.29, 0.717) is 30.5 Å². The third-order valence-electron chi connectivity index (χ3n) is 2.68. The summed E-state index contributed by atoms with van der Waals surface area (Å²) in [4.78, 5) is 15.2. The van der Waals surface area contributed by atoms with Crippen LogP contribution in [0.4, 0.5) is 11.8 Å². The van der Waals surface area contributed by atoms with Crippen LogP contribution in [0.3, 0.4) is 0 Å². The number of hydrogen-bond donors (Lipinski definition) is 3. The van der Waals surface area contributed by atoms with Crippen LogP contribution in [0.15, 0.2) is 6.33 Å². The molecule has 0 aliphatic rings. The Kier molecular flexibility index (Phi) is 4.51. The Balaban J connectivity index is 1.83. The number of imidazole rings is 1. The van der Waals surface area contributed by atoms with Gasteiger partial charge in [-0.2, -0.15) is 9.97 Å². The van der Waals surface area contributed by atoms with E-state index in [1.807, 2.05) is 0 Å². The van der Waals surface area contributed by atoms with Crippen LogP contribution in [0.2, 0.25) is 0 Å². The number of aromatic amines is 1. The molecule has 4 N–H and O–H groups in total. The number of nitrogen functional groups attached to an aromatic ring is 1. The lowest BCUT2D eigenvalue weighted by atomic mass is 10.1. The van der Waals surface area contributed by atoms with Crippen molar-refractivity contribution < 1.29 is 4.74 Å². The average Bonchev–Trinajstić information content (AvgIpc) is 2.80. The first-order chi connectivity index (χ1) is 9.16. The van der Waals surface area contributed by atoms with Gasteiger partial charge >= 0.3 is 0 Å². The van der Waals surface area contributed by atoms with Crippen LogP contribution in [0.25, 0.3) is 11.2 Å². The lowest BCUT2D eigenvalue weighted by molar-refractivity contribution is 0.132. The molecule has 0 unspecified atom stereocenters. The van der Waals surface area contributed by atoms with Crippen molar-refractivity contribution in [3.63, 3.8) is 0 Å². The molecule has 0 atom stereocenters. The summed E-state index contributed by atoms with van der Waals surface area (Å²) in [6, 6.07) is 0. The molecule has 7 heteroatoms. The summed E-state index contributed by atoms with van der Waals surface area (Å²) in [6.45, 7) is 6.44. The molecule has 2 aromatic rings. The van der Waals surface area contributed by atoms with Crippen molar-refractivity contribution in [2.24, 2.45) is 5.92 Å². The van der Waals surface area contributed by atoms with E-state index in [0.717, 1.165) is 18.5 Å². The van der Waals surface area contributed by atoms with Crippen LogP contribution < -0.4 is 11.1 Å². The molecule has 0 saturated heterocycles. The van der Waals surface area contributed by atoms with Crippen LogP contribution in [0.5, 0.6) is 0 Å². The number of ether oxygens (including phenoxy) is 1. The third-order valence-corrected chi connectivity index (χ3v) is 2.68. The standard InChI is InChI=1S/C12H20N6O/c1-8(2)3-5-19-6-4-14-10-9-11(16-7-15-9)18-12(13)17-10/h7-8H,3-6H2,1-2H3,(H4,13,14,15,16,17,18). The molecule has 0 radical (unpaired) electrons. The minimum Gasteiger partial charge on any atom is -0.380 e. The molecule has 104 valence electrons. The minimum atomic E-state index is 0.211. The average molecular weight is 264 g/mol. The van der Waals surface area contributed by atoms with E-state index in [2.05, 4.69) is 39.1 Å². The van der Waals surface area contributed by atoms with Crippen LogP contribution in [-0.4, -0.2) is 39.7 Å². The number of fused-ring (bicyclic) bond motifs is 1. The van der Waals surface area contributed by atoms with Gasteiger partial charge in [-0.3, -0.25) is 0 Å². The Hall–Kier alpha value is -1.89. The molecular weight excluding hydrogens is 244 g/mol. The number of H-pyrrole nitrogens is 1. The third kappa shape index (κ3) is 3.78. The number of nitrogens with one attached hydrogen (secondary N) is 2. The molecule has 0 saturated carbocycles. The van der Waals surface area contributed by atoms with Gasteiger partial charge in [0.1, 0.15) is 5.52 Å². The number of nitrogens with zero attached hydrogens (tertiary/aromatic N) is 3. The molecule has 0 fully saturated rings. The summed E-state index contributed by atoms with van der Waals surface area (Å²) in [7, 11) is 0. The lowest BCUT2D eigenvalue weighted by Crippen LogP contribution is -2.13. The molecule has 0 aromatic carbocycles. The van der Waals surface area contributed by atoms with Crippen molar-refractivity contribution in [3.05, 3.63) is 6.33 Å². The number of anilines is 2. The van der Waals surface area contributed by atoms with E-state index in [-0.39, 0.29) is 5.95 Å². The van der Waals surface area contributed by atoms with E-state index in [1.165, 1.54) is 0 Å². The first-order valence-electron chi connectivity index (χ1n) is 6.45. The summed E-state index contributed by atoms with van der Waals surface area (Å²) in [5.74, 6) is 1.54. The summed E-state index contributed by atoms with van der Waals surface area (Å²) in [6.07, 6.45) is 2.65. The van der Waals surface area contributed by atoms with E-state index >= 15 is 0 Å². The number of aromatic nitrogens is 4. The molecule has 0 aliphatic carbocycles. The van der Waals surface area contributed by atoms with E-state index in [9.17, 15) is 0 Å². The van der Waals surface area contributed by atoms with E-state index < -0.39 is 0 Å². The van der Waals surface area contributed by atoms with Crippen molar-refractivity contribution in [2.45, 2.75) is 20.3 Å². The summed E-state index contributed by atoms with van der Waals surface area (Å²) >= 11 is 0. The van der Waals surface area contributed by atoms with Crippen molar-refractivity contribution >= 4 is 22.9 Å². The van der Waals surface area contributed by atoms with Gasteiger partial charge in [-0.1, -0.05) is 13.8 Å². The maximum Gasteiger partial charge on any atom is 0.224 e. The van der Waals surface area contributed by atoms with Gasteiger partial charge in [0.2, 0.25) is 5.95 Å². The molecule has 2 rings (SSSR count). The molecule has 0 aliphatic heterocycles. The van der Waals surface area contributed by atoms with Crippen LogP contribution >= 0.6 is 0 Å². The fourth-order valence-electron chi connectivity index (χ4n) is 1.64. The van der Waals surface area contributed by atoms with Crippen LogP contribution in [-0.2, 0) is 4.74 Å². The molecule has 2 aromatic heterocycles. The Labute approximate surface area is 112 Å². The first-order valence-corrected chi connectivity index (χ1v) is 6.45. The summed E-state index contributed by atoms with van der Waals surface area (Å²) in [5, 5.41) is 3.18. The van der Waals surface area contributed by atoms with Crippen molar-refractivity contribution in [3.8, 4) is 0 Å². The zero-order valence-corrected chi connectivity index (χ0v) is 11.3. The van der Waals surface area contributed by atoms with Gasteiger partial charge < -0.3 is 20.8 Å². The van der Waals surface area contributed by atoms with Gasteiger partial charge in [0.05, 0.1) is 12.9 Å². The topological polar surface area (TPSA) is 102 Å². The summed E-state index contributed by atoms with van der Waals surface area (Å²) < 4.78 is 5.53. The highest BCUT2D eigenvalue weighted by atomic mass is 16.5. The second kappa shape index (κ2) is 6.33. The van der Waals surface area contributed by atoms with Gasteiger partial charge in [0.15, 0.2) is 11.5 Å². The first kappa shape index (κ1) is 13.5. The maximum absolute atomic E-state index is 5.62. The highest BCUT2D eigenvalue weighted by Crippen LogP contribution is 2.16. The quantitative estimate of drug-likeness (QED) is 0.653. The monoisotopic (exact) mass is 264 g/mol. The van der Waals surface area contributed by atoms with E-state index in [4.69, 9.17) is 10.5 Å². The number of nitrogens with two attached hydrogens (primary N) is 1. The van der Waals surface area contributed by atoms with E-state index in [1.54, 1.807) is 6.33 Å². The maximum atomic E-state index is 5.62. The zero-order valence-electron chi connectivity index (χ0n) is 11.3.